The van der Waals surface area contributed by atoms with Crippen molar-refractivity contribution < 1.29 is 28.6 Å². The molecule has 0 aromatic heterocycles. The van der Waals surface area contributed by atoms with Gasteiger partial charge in [0.25, 0.3) is 0 Å². The van der Waals surface area contributed by atoms with Gasteiger partial charge in [-0.2, -0.15) is 0 Å². The largest absolute Gasteiger partial charge is 0.462 e. The lowest BCUT2D eigenvalue weighted by Gasteiger charge is -2.18. The summed E-state index contributed by atoms with van der Waals surface area (Å²) in [6, 6.07) is 0. The third kappa shape index (κ3) is 62.7. The molecule has 0 aromatic rings. The van der Waals surface area contributed by atoms with Crippen LogP contribution in [0.4, 0.5) is 0 Å². The predicted molar refractivity (Wildman–Crippen MR) is 339 cm³/mol. The number of rotatable bonds is 58. The maximum absolute atomic E-state index is 12.9. The molecule has 0 aliphatic carbocycles. The first-order valence-corrected chi connectivity index (χ1v) is 32.5. The minimum atomic E-state index is -0.783. The Hall–Kier alpha value is -4.19. The van der Waals surface area contributed by atoms with E-state index >= 15 is 0 Å². The summed E-state index contributed by atoms with van der Waals surface area (Å²) in [5.74, 6) is -0.890. The molecule has 1 unspecified atom stereocenters. The minimum Gasteiger partial charge on any atom is -0.462 e. The van der Waals surface area contributed by atoms with Crippen LogP contribution >= 0.6 is 0 Å². The lowest BCUT2D eigenvalue weighted by Crippen LogP contribution is -2.30. The van der Waals surface area contributed by atoms with Gasteiger partial charge in [-0.3, -0.25) is 14.4 Å². The normalized spacial score (nSPS) is 12.9. The highest BCUT2D eigenvalue weighted by Crippen LogP contribution is 2.16. The Morgan fingerprint density at radius 2 is 0.500 bits per heavy atom. The molecular weight excluding hydrogens is 961 g/mol. The Balaban J connectivity index is 4.21. The van der Waals surface area contributed by atoms with Gasteiger partial charge in [-0.15, -0.1) is 0 Å². The lowest BCUT2D eigenvalue weighted by atomic mass is 10.0. The zero-order valence-electron chi connectivity index (χ0n) is 50.9. The second kappa shape index (κ2) is 65.3. The van der Waals surface area contributed by atoms with E-state index in [1.165, 1.54) is 128 Å². The van der Waals surface area contributed by atoms with Crippen molar-refractivity contribution in [1.29, 1.82) is 0 Å². The van der Waals surface area contributed by atoms with E-state index in [1.54, 1.807) is 0 Å². The first-order chi connectivity index (χ1) is 38.5. The van der Waals surface area contributed by atoms with Crippen molar-refractivity contribution in [2.24, 2.45) is 0 Å². The van der Waals surface area contributed by atoms with Crippen molar-refractivity contribution in [3.05, 3.63) is 122 Å². The molecule has 444 valence electrons. The number of carbonyl (C=O) groups excluding carboxylic acids is 3. The minimum absolute atomic E-state index is 0.0811. The van der Waals surface area contributed by atoms with Gasteiger partial charge in [-0.1, -0.05) is 290 Å². The Morgan fingerprint density at radius 1 is 0.269 bits per heavy atom. The zero-order chi connectivity index (χ0) is 56.4. The standard InChI is InChI=1S/C72H120O6/c1-4-7-10-13-16-19-21-23-25-27-29-31-33-35-36-38-39-41-43-45-47-49-51-53-56-59-62-65-71(74)77-68-69(67-76-70(73)64-61-58-55-18-15-12-9-6-3)78-72(75)66-63-60-57-54-52-50-48-46-44-42-40-37-34-32-30-28-26-24-22-20-17-14-11-8-5-2/h7-8,10-11,16-17,19-20,23-26,29-32,35-36,39,41,69H,4-6,9,12-15,18,21-22,27-28,33-34,37-38,40,42-68H2,1-3H3/b10-7-,11-8-,19-16-,20-17-,25-23-,26-24-,31-29-,32-30-,36-35-,41-39-. The van der Waals surface area contributed by atoms with Gasteiger partial charge in [0.05, 0.1) is 0 Å². The quantitative estimate of drug-likeness (QED) is 0.0261. The summed E-state index contributed by atoms with van der Waals surface area (Å²) in [7, 11) is 0. The summed E-state index contributed by atoms with van der Waals surface area (Å²) in [5, 5.41) is 0. The van der Waals surface area contributed by atoms with Gasteiger partial charge in [-0.25, -0.2) is 0 Å². The fourth-order valence-corrected chi connectivity index (χ4v) is 8.91. The highest BCUT2D eigenvalue weighted by Gasteiger charge is 2.19. The molecule has 1 atom stereocenters. The molecule has 0 spiro atoms. The van der Waals surface area contributed by atoms with Crippen LogP contribution in [0.5, 0.6) is 0 Å². The Morgan fingerprint density at radius 3 is 0.782 bits per heavy atom. The van der Waals surface area contributed by atoms with Crippen molar-refractivity contribution in [2.45, 2.75) is 303 Å². The van der Waals surface area contributed by atoms with Gasteiger partial charge < -0.3 is 14.2 Å². The van der Waals surface area contributed by atoms with Crippen molar-refractivity contribution in [2.75, 3.05) is 13.2 Å². The van der Waals surface area contributed by atoms with E-state index in [9.17, 15) is 14.4 Å². The van der Waals surface area contributed by atoms with Crippen LogP contribution < -0.4 is 0 Å². The van der Waals surface area contributed by atoms with Crippen molar-refractivity contribution in [1.82, 2.24) is 0 Å². The van der Waals surface area contributed by atoms with E-state index in [0.717, 1.165) is 128 Å². The van der Waals surface area contributed by atoms with E-state index in [-0.39, 0.29) is 31.1 Å². The summed E-state index contributed by atoms with van der Waals surface area (Å²) in [6.07, 6.45) is 90.8. The first-order valence-electron chi connectivity index (χ1n) is 32.5. The van der Waals surface area contributed by atoms with Gasteiger partial charge >= 0.3 is 17.9 Å². The molecule has 0 aromatic carbocycles. The van der Waals surface area contributed by atoms with Crippen LogP contribution in [0.25, 0.3) is 0 Å². The summed E-state index contributed by atoms with van der Waals surface area (Å²) >= 11 is 0. The topological polar surface area (TPSA) is 78.9 Å². The van der Waals surface area contributed by atoms with Gasteiger partial charge in [-0.05, 0) is 109 Å². The van der Waals surface area contributed by atoms with Crippen molar-refractivity contribution in [3.63, 3.8) is 0 Å². The Bertz CT molecular complexity index is 1620. The number of esters is 3. The van der Waals surface area contributed by atoms with Gasteiger partial charge in [0.1, 0.15) is 13.2 Å². The Kier molecular flexibility index (Phi) is 61.8. The molecule has 0 fully saturated rings. The highest BCUT2D eigenvalue weighted by molar-refractivity contribution is 5.71. The third-order valence-corrected chi connectivity index (χ3v) is 13.7. The summed E-state index contributed by atoms with van der Waals surface area (Å²) in [5.41, 5.74) is 0. The van der Waals surface area contributed by atoms with E-state index in [1.807, 2.05) is 0 Å². The Labute approximate surface area is 482 Å². The number of hydrogen-bond acceptors (Lipinski definition) is 6. The van der Waals surface area contributed by atoms with E-state index in [2.05, 4.69) is 142 Å². The van der Waals surface area contributed by atoms with Crippen LogP contribution in [0.15, 0.2) is 122 Å². The van der Waals surface area contributed by atoms with Crippen LogP contribution in [0.1, 0.15) is 297 Å². The molecule has 0 saturated carbocycles. The molecule has 0 N–H and O–H groups in total. The number of ether oxygens (including phenoxy) is 3. The van der Waals surface area contributed by atoms with E-state index in [4.69, 9.17) is 14.2 Å². The molecule has 6 nitrogen and oxygen atoms in total. The molecule has 0 saturated heterocycles. The number of hydrogen-bond donors (Lipinski definition) is 0. The van der Waals surface area contributed by atoms with Crippen LogP contribution in [0.2, 0.25) is 0 Å². The van der Waals surface area contributed by atoms with Crippen molar-refractivity contribution in [3.8, 4) is 0 Å². The van der Waals surface area contributed by atoms with Crippen LogP contribution in [-0.2, 0) is 28.6 Å². The molecule has 0 radical (unpaired) electrons. The average Bonchev–Trinajstić information content (AvgIpc) is 3.44. The molecule has 0 amide bonds. The second-order valence-corrected chi connectivity index (χ2v) is 21.3. The number of carbonyl (C=O) groups is 3. The predicted octanol–water partition coefficient (Wildman–Crippen LogP) is 22.4. The molecule has 0 heterocycles. The third-order valence-electron chi connectivity index (χ3n) is 13.7. The van der Waals surface area contributed by atoms with Gasteiger partial charge in [0.2, 0.25) is 0 Å². The van der Waals surface area contributed by atoms with Crippen LogP contribution in [-0.4, -0.2) is 37.2 Å². The fourth-order valence-electron chi connectivity index (χ4n) is 8.91. The fraction of sp³-hybridized carbons (Fsp3) is 0.681. The smallest absolute Gasteiger partial charge is 0.306 e. The van der Waals surface area contributed by atoms with Gasteiger partial charge in [0.15, 0.2) is 6.10 Å². The maximum atomic E-state index is 12.9. The zero-order valence-corrected chi connectivity index (χ0v) is 50.9. The molecule has 0 aliphatic heterocycles. The highest BCUT2D eigenvalue weighted by atomic mass is 16.6. The SMILES string of the molecule is CC/C=C\C/C=C\C/C=C\C/C=C\C/C=C\C/C=C\CCCCCCCCCCC(=O)OCC(COC(=O)CCCCCCCCCC)OC(=O)CCCCCCCCCCCCCC/C=C\C/C=C\C/C=C\C/C=C\CC. The molecule has 6 heteroatoms. The van der Waals surface area contributed by atoms with E-state index in [0.29, 0.717) is 19.3 Å². The van der Waals surface area contributed by atoms with Crippen LogP contribution in [0.3, 0.4) is 0 Å². The number of allylic oxidation sites excluding steroid dienone is 20. The monoisotopic (exact) mass is 1080 g/mol. The summed E-state index contributed by atoms with van der Waals surface area (Å²) < 4.78 is 16.9. The summed E-state index contributed by atoms with van der Waals surface area (Å²) in [6.45, 7) is 6.39. The summed E-state index contributed by atoms with van der Waals surface area (Å²) in [4.78, 5) is 38.2. The molecule has 0 bridgehead atoms. The molecule has 78 heavy (non-hydrogen) atoms. The molecule has 0 rings (SSSR count). The van der Waals surface area contributed by atoms with Crippen LogP contribution in [0, 0.1) is 0 Å². The molecular formula is C72H120O6. The van der Waals surface area contributed by atoms with Crippen molar-refractivity contribution >= 4 is 17.9 Å². The molecule has 0 aliphatic rings. The second-order valence-electron chi connectivity index (χ2n) is 21.3. The lowest BCUT2D eigenvalue weighted by molar-refractivity contribution is -0.167. The van der Waals surface area contributed by atoms with Gasteiger partial charge in [0, 0.05) is 19.3 Å². The van der Waals surface area contributed by atoms with E-state index < -0.39 is 6.10 Å². The number of unbranched alkanes of at least 4 members (excludes halogenated alkanes) is 27. The first kappa shape index (κ1) is 73.8. The average molecular weight is 1080 g/mol. The maximum Gasteiger partial charge on any atom is 0.306 e.